The van der Waals surface area contributed by atoms with E-state index in [1.165, 1.54) is 17.0 Å². The number of nitrogens with zero attached hydrogens (tertiary/aromatic N) is 2. The van der Waals surface area contributed by atoms with Crippen molar-refractivity contribution < 1.29 is 18.7 Å². The predicted molar refractivity (Wildman–Crippen MR) is 110 cm³/mol. The molecule has 0 radical (unpaired) electrons. The highest BCUT2D eigenvalue weighted by atomic mass is 32.2. The molecule has 1 amide bonds. The van der Waals surface area contributed by atoms with Crippen LogP contribution in [0.1, 0.15) is 28.2 Å². The van der Waals surface area contributed by atoms with Gasteiger partial charge in [0.1, 0.15) is 17.2 Å². The maximum absolute atomic E-state index is 13.3. The highest BCUT2D eigenvalue weighted by Gasteiger charge is 2.50. The Morgan fingerprint density at radius 2 is 1.89 bits per heavy atom. The zero-order valence-corrected chi connectivity index (χ0v) is 16.6. The van der Waals surface area contributed by atoms with Crippen molar-refractivity contribution in [2.75, 3.05) is 17.3 Å². The van der Waals surface area contributed by atoms with Crippen molar-refractivity contribution in [1.82, 2.24) is 4.90 Å². The van der Waals surface area contributed by atoms with Crippen molar-refractivity contribution in [2.24, 2.45) is 0 Å². The van der Waals surface area contributed by atoms with Gasteiger partial charge >= 0.3 is 5.97 Å². The lowest BCUT2D eigenvalue weighted by Crippen LogP contribution is -2.33. The molecule has 28 heavy (non-hydrogen) atoms. The predicted octanol–water partition coefficient (Wildman–Crippen LogP) is 3.75. The average molecular weight is 416 g/mol. The van der Waals surface area contributed by atoms with Crippen LogP contribution in [0.3, 0.4) is 0 Å². The molecule has 2 fully saturated rings. The van der Waals surface area contributed by atoms with Gasteiger partial charge in [-0.3, -0.25) is 9.69 Å². The molecule has 2 aliphatic heterocycles. The van der Waals surface area contributed by atoms with Crippen molar-refractivity contribution in [3.05, 3.63) is 65.5 Å². The van der Waals surface area contributed by atoms with E-state index in [4.69, 9.17) is 17.0 Å². The third kappa shape index (κ3) is 3.16. The summed E-state index contributed by atoms with van der Waals surface area (Å²) in [6.07, 6.45) is 0. The number of anilines is 1. The van der Waals surface area contributed by atoms with Gasteiger partial charge in [0.2, 0.25) is 0 Å². The van der Waals surface area contributed by atoms with Crippen LogP contribution in [-0.2, 0) is 9.53 Å². The first-order valence-corrected chi connectivity index (χ1v) is 10.3. The third-order valence-electron chi connectivity index (χ3n) is 4.71. The van der Waals surface area contributed by atoms with Crippen LogP contribution in [0.2, 0.25) is 0 Å². The summed E-state index contributed by atoms with van der Waals surface area (Å²) < 4.78 is 18.2. The van der Waals surface area contributed by atoms with Crippen molar-refractivity contribution in [3.8, 4) is 0 Å². The Hall–Kier alpha value is -2.45. The largest absolute Gasteiger partial charge is 0.462 e. The summed E-state index contributed by atoms with van der Waals surface area (Å²) in [7, 11) is 0. The van der Waals surface area contributed by atoms with Gasteiger partial charge in [-0.05, 0) is 61.1 Å². The maximum atomic E-state index is 13.3. The fourth-order valence-corrected chi connectivity index (χ4v) is 5.29. The lowest BCUT2D eigenvalue weighted by molar-refractivity contribution is -0.119. The summed E-state index contributed by atoms with van der Waals surface area (Å²) in [5, 5.41) is 0.282. The van der Waals surface area contributed by atoms with Crippen LogP contribution in [0.5, 0.6) is 0 Å². The molecule has 2 aromatic carbocycles. The molecular weight excluding hydrogens is 399 g/mol. The van der Waals surface area contributed by atoms with Gasteiger partial charge in [-0.25, -0.2) is 9.18 Å². The minimum absolute atomic E-state index is 0.0917. The fraction of sp³-hybridized carbons (Fsp3) is 0.250. The molecule has 2 aromatic rings. The highest BCUT2D eigenvalue weighted by molar-refractivity contribution is 7.99. The van der Waals surface area contributed by atoms with Crippen LogP contribution in [0, 0.1) is 5.82 Å². The number of fused-ring (bicyclic) bond motifs is 1. The normalized spacial score (nSPS) is 21.2. The first-order valence-electron chi connectivity index (χ1n) is 8.81. The second-order valence-electron chi connectivity index (χ2n) is 6.38. The molecule has 2 saturated heterocycles. The van der Waals surface area contributed by atoms with Crippen LogP contribution in [0.4, 0.5) is 10.1 Å². The number of amides is 1. The van der Waals surface area contributed by atoms with E-state index in [2.05, 4.69) is 0 Å². The standard InChI is InChI=1S/C20H17FN2O3S2/c1-2-26-19(25)13-5-9-15(10-6-13)22-17(24)16-11-28-18(23(16)20(22)27)12-3-7-14(21)8-4-12/h3-10,16,18H,2,11H2,1H3. The van der Waals surface area contributed by atoms with Gasteiger partial charge in [-0.1, -0.05) is 12.1 Å². The minimum Gasteiger partial charge on any atom is -0.462 e. The van der Waals surface area contributed by atoms with Gasteiger partial charge in [0, 0.05) is 5.75 Å². The number of ether oxygens (including phenoxy) is 1. The zero-order chi connectivity index (χ0) is 19.8. The summed E-state index contributed by atoms with van der Waals surface area (Å²) >= 11 is 7.24. The van der Waals surface area contributed by atoms with Gasteiger partial charge in [0.15, 0.2) is 5.11 Å². The Labute approximate surface area is 171 Å². The zero-order valence-electron chi connectivity index (χ0n) is 15.0. The van der Waals surface area contributed by atoms with Gasteiger partial charge in [0.05, 0.1) is 17.9 Å². The molecular formula is C20H17FN2O3S2. The first-order chi connectivity index (χ1) is 13.5. The van der Waals surface area contributed by atoms with E-state index in [1.54, 1.807) is 55.1 Å². The Morgan fingerprint density at radius 3 is 2.54 bits per heavy atom. The number of carbonyl (C=O) groups is 2. The van der Waals surface area contributed by atoms with Gasteiger partial charge in [-0.15, -0.1) is 11.8 Å². The van der Waals surface area contributed by atoms with E-state index in [0.717, 1.165) is 5.56 Å². The number of halogens is 1. The summed E-state index contributed by atoms with van der Waals surface area (Å²) in [5.41, 5.74) is 1.94. The topological polar surface area (TPSA) is 49.9 Å². The SMILES string of the molecule is CCOC(=O)c1ccc(N2C(=O)C3CSC(c4ccc(F)cc4)N3C2=S)cc1. The van der Waals surface area contributed by atoms with Gasteiger partial charge in [-0.2, -0.15) is 0 Å². The molecule has 0 aliphatic carbocycles. The van der Waals surface area contributed by atoms with E-state index in [-0.39, 0.29) is 23.1 Å². The van der Waals surface area contributed by atoms with Crippen LogP contribution in [0.15, 0.2) is 48.5 Å². The highest BCUT2D eigenvalue weighted by Crippen LogP contribution is 2.46. The fourth-order valence-electron chi connectivity index (χ4n) is 3.37. The Balaban J connectivity index is 1.59. The van der Waals surface area contributed by atoms with Crippen molar-refractivity contribution >= 4 is 46.7 Å². The van der Waals surface area contributed by atoms with E-state index >= 15 is 0 Å². The van der Waals surface area contributed by atoms with E-state index in [0.29, 0.717) is 28.7 Å². The van der Waals surface area contributed by atoms with Crippen LogP contribution >= 0.6 is 24.0 Å². The lowest BCUT2D eigenvalue weighted by Gasteiger charge is -2.25. The van der Waals surface area contributed by atoms with Gasteiger partial charge < -0.3 is 9.64 Å². The number of thiocarbonyl (C=S) groups is 1. The minimum atomic E-state index is -0.405. The smallest absolute Gasteiger partial charge is 0.338 e. The molecule has 0 aromatic heterocycles. The van der Waals surface area contributed by atoms with Crippen LogP contribution < -0.4 is 4.90 Å². The number of hydrogen-bond acceptors (Lipinski definition) is 5. The molecule has 144 valence electrons. The number of carbonyl (C=O) groups excluding carboxylic acids is 2. The van der Waals surface area contributed by atoms with Crippen molar-refractivity contribution in [3.63, 3.8) is 0 Å². The Bertz CT molecular complexity index is 933. The van der Waals surface area contributed by atoms with E-state index in [1.807, 2.05) is 4.90 Å². The summed E-state index contributed by atoms with van der Waals surface area (Å²) in [5.74, 6) is -0.186. The lowest BCUT2D eigenvalue weighted by atomic mass is 10.2. The number of thioether (sulfide) groups is 1. The molecule has 2 unspecified atom stereocenters. The van der Waals surface area contributed by atoms with Gasteiger partial charge in [0.25, 0.3) is 5.91 Å². The Morgan fingerprint density at radius 1 is 1.21 bits per heavy atom. The number of benzene rings is 2. The molecule has 8 heteroatoms. The average Bonchev–Trinajstić information content (AvgIpc) is 3.23. The molecule has 2 heterocycles. The molecule has 4 rings (SSSR count). The summed E-state index contributed by atoms with van der Waals surface area (Å²) in [4.78, 5) is 28.2. The summed E-state index contributed by atoms with van der Waals surface area (Å²) in [6, 6.07) is 12.6. The van der Waals surface area contributed by atoms with Crippen molar-refractivity contribution in [1.29, 1.82) is 0 Å². The van der Waals surface area contributed by atoms with Crippen LogP contribution in [0.25, 0.3) is 0 Å². The quantitative estimate of drug-likeness (QED) is 0.559. The van der Waals surface area contributed by atoms with E-state index < -0.39 is 5.97 Å². The van der Waals surface area contributed by atoms with E-state index in [9.17, 15) is 14.0 Å². The molecule has 0 saturated carbocycles. The second kappa shape index (κ2) is 7.52. The Kier molecular flexibility index (Phi) is 5.07. The number of esters is 1. The molecule has 0 bridgehead atoms. The molecule has 5 nitrogen and oxygen atoms in total. The monoisotopic (exact) mass is 416 g/mol. The first kappa shape index (κ1) is 18.9. The molecule has 2 atom stereocenters. The molecule has 2 aliphatic rings. The van der Waals surface area contributed by atoms with Crippen LogP contribution in [-0.4, -0.2) is 40.3 Å². The third-order valence-corrected chi connectivity index (χ3v) is 6.43. The van der Waals surface area contributed by atoms with Crippen molar-refractivity contribution in [2.45, 2.75) is 18.3 Å². The summed E-state index contributed by atoms with van der Waals surface area (Å²) in [6.45, 7) is 2.05. The number of rotatable bonds is 4. The molecule has 0 N–H and O–H groups in total. The second-order valence-corrected chi connectivity index (χ2v) is 7.86. The number of hydrogen-bond donors (Lipinski definition) is 0. The maximum Gasteiger partial charge on any atom is 0.338 e. The molecule has 0 spiro atoms.